The molecule has 0 radical (unpaired) electrons. The van der Waals surface area contributed by atoms with Crippen molar-refractivity contribution < 1.29 is 13.9 Å². The molecule has 236 valence electrons. The minimum Gasteiger partial charge on any atom is -0.411 e. The van der Waals surface area contributed by atoms with Gasteiger partial charge in [-0.15, -0.1) is 0 Å². The molecule has 4 atom stereocenters. The molecule has 0 bridgehead atoms. The zero-order chi connectivity index (χ0) is 30.6. The first-order valence-corrected chi connectivity index (χ1v) is 22.9. The molecule has 0 unspecified atom stereocenters. The molecule has 2 aromatic carbocycles. The molecule has 1 heterocycles. The fourth-order valence-corrected chi connectivity index (χ4v) is 11.0. The molecule has 0 amide bonds. The summed E-state index contributed by atoms with van der Waals surface area (Å²) >= 11 is 0. The van der Waals surface area contributed by atoms with E-state index in [1.54, 1.807) is 0 Å². The minimum absolute atomic E-state index is 0.114. The van der Waals surface area contributed by atoms with Crippen LogP contribution in [0.2, 0.25) is 36.8 Å². The molecule has 0 N–H and O–H groups in total. The average Bonchev–Trinajstić information content (AvgIpc) is 3.39. The summed E-state index contributed by atoms with van der Waals surface area (Å²) in [7, 11) is -3.84. The summed E-state index contributed by atoms with van der Waals surface area (Å²) in [5.41, 5.74) is 1.71. The van der Waals surface area contributed by atoms with E-state index in [0.29, 0.717) is 18.8 Å². The van der Waals surface area contributed by atoms with E-state index in [9.17, 15) is 0 Å². The molecule has 0 aromatic heterocycles. The average molecular weight is 611 g/mol. The molecule has 3 nitrogen and oxygen atoms in total. The third kappa shape index (κ3) is 10.4. The van der Waals surface area contributed by atoms with Crippen LogP contribution >= 0.6 is 0 Å². The molecule has 1 aliphatic heterocycles. The van der Waals surface area contributed by atoms with Gasteiger partial charge in [0, 0.05) is 0 Å². The highest BCUT2D eigenvalue weighted by molar-refractivity contribution is 6.91. The maximum atomic E-state index is 7.32. The lowest BCUT2D eigenvalue weighted by Gasteiger charge is -2.43. The lowest BCUT2D eigenvalue weighted by Crippen LogP contribution is -2.53. The van der Waals surface area contributed by atoms with Gasteiger partial charge >= 0.3 is 0 Å². The van der Waals surface area contributed by atoms with Gasteiger partial charge in [0.25, 0.3) is 0 Å². The van der Waals surface area contributed by atoms with Crippen LogP contribution < -0.4 is 5.19 Å². The maximum Gasteiger partial charge on any atom is 0.192 e. The van der Waals surface area contributed by atoms with Gasteiger partial charge in [-0.25, -0.2) is 0 Å². The van der Waals surface area contributed by atoms with Crippen molar-refractivity contribution in [3.63, 3.8) is 0 Å². The van der Waals surface area contributed by atoms with Gasteiger partial charge in [-0.2, -0.15) is 0 Å². The monoisotopic (exact) mass is 610 g/mol. The number of benzene rings is 2. The molecule has 2 aromatic rings. The molecule has 0 saturated carbocycles. The minimum atomic E-state index is -1.98. The Balaban J connectivity index is 1.78. The van der Waals surface area contributed by atoms with Crippen molar-refractivity contribution in [2.45, 2.75) is 154 Å². The Hall–Kier alpha value is -1.25. The predicted molar refractivity (Wildman–Crippen MR) is 186 cm³/mol. The molecule has 1 saturated heterocycles. The van der Waals surface area contributed by atoms with Crippen LogP contribution in [0.4, 0.5) is 0 Å². The second-order valence-corrected chi connectivity index (χ2v) is 24.4. The van der Waals surface area contributed by atoms with E-state index >= 15 is 0 Å². The maximum absolute atomic E-state index is 7.32. The topological polar surface area (TPSA) is 27.7 Å². The zero-order valence-corrected chi connectivity index (χ0v) is 30.3. The van der Waals surface area contributed by atoms with E-state index in [1.165, 1.54) is 62.1 Å². The molecule has 0 spiro atoms. The third-order valence-electron chi connectivity index (χ3n) is 10.1. The first-order chi connectivity index (χ1) is 20.0. The van der Waals surface area contributed by atoms with Crippen LogP contribution in [0.15, 0.2) is 60.7 Å². The van der Waals surface area contributed by atoms with E-state index in [1.807, 2.05) is 0 Å². The Bertz CT molecular complexity index is 1000. The molecule has 5 heteroatoms. The van der Waals surface area contributed by atoms with Gasteiger partial charge in [-0.3, -0.25) is 0 Å². The molecule has 42 heavy (non-hydrogen) atoms. The van der Waals surface area contributed by atoms with Crippen molar-refractivity contribution in [3.8, 4) is 0 Å². The third-order valence-corrected chi connectivity index (χ3v) is 18.8. The van der Waals surface area contributed by atoms with Crippen molar-refractivity contribution in [2.24, 2.45) is 0 Å². The summed E-state index contributed by atoms with van der Waals surface area (Å²) in [4.78, 5) is 0. The number of rotatable bonds is 18. The summed E-state index contributed by atoms with van der Waals surface area (Å²) in [6, 6.07) is 21.8. The van der Waals surface area contributed by atoms with Crippen molar-refractivity contribution >= 4 is 21.6 Å². The summed E-state index contributed by atoms with van der Waals surface area (Å²) in [6.07, 6.45) is 13.2. The van der Waals surface area contributed by atoms with Crippen molar-refractivity contribution in [2.75, 3.05) is 6.61 Å². The second-order valence-electron chi connectivity index (χ2n) is 14.8. The van der Waals surface area contributed by atoms with Gasteiger partial charge in [-0.1, -0.05) is 158 Å². The normalized spacial score (nSPS) is 20.6. The molecular weight excluding hydrogens is 549 g/mol. The SMILES string of the molecule is CCCCCCCCCC[C@@H](O[Si](C)(C)C(C)(C)C)[C@@H]1O[C@@H](COCc2ccccc2)C[C@H]1[Si](C)(C)c1ccccc1. The van der Waals surface area contributed by atoms with E-state index in [-0.39, 0.29) is 23.4 Å². The van der Waals surface area contributed by atoms with Crippen molar-refractivity contribution in [3.05, 3.63) is 66.2 Å². The van der Waals surface area contributed by atoms with Gasteiger partial charge in [0.1, 0.15) is 0 Å². The van der Waals surface area contributed by atoms with Gasteiger partial charge < -0.3 is 13.9 Å². The Labute approximate surface area is 261 Å². The van der Waals surface area contributed by atoms with Crippen LogP contribution in [-0.4, -0.2) is 41.3 Å². The fraction of sp³-hybridized carbons (Fsp3) is 0.676. The molecular formula is C37H62O3Si2. The first kappa shape index (κ1) is 35.2. The summed E-state index contributed by atoms with van der Waals surface area (Å²) < 4.78 is 20.7. The van der Waals surface area contributed by atoms with Crippen LogP contribution in [0.25, 0.3) is 0 Å². The molecule has 1 fully saturated rings. The number of hydrogen-bond donors (Lipinski definition) is 0. The second kappa shape index (κ2) is 16.7. The highest BCUT2D eigenvalue weighted by Gasteiger charge is 2.51. The summed E-state index contributed by atoms with van der Waals surface area (Å²) in [5, 5.41) is 1.69. The quantitative estimate of drug-likeness (QED) is 0.124. The Kier molecular flexibility index (Phi) is 14.0. The predicted octanol–water partition coefficient (Wildman–Crippen LogP) is 10.3. The lowest BCUT2D eigenvalue weighted by atomic mass is 10.0. The first-order valence-electron chi connectivity index (χ1n) is 17.0. The lowest BCUT2D eigenvalue weighted by molar-refractivity contribution is -0.0614. The fourth-order valence-electron chi connectivity index (χ4n) is 6.24. The molecule has 0 aliphatic carbocycles. The standard InChI is InChI=1S/C37H62O3Si2/c1-9-10-11-12-13-14-15-22-27-34(40-42(7,8)37(2,3)4)36-35(41(5,6)33-25-20-17-21-26-33)28-32(39-36)30-38-29-31-23-18-16-19-24-31/h16-21,23-26,32,34-36H,9-15,22,27-30H2,1-8H3/t32-,34-,35-,36+/m1/s1. The Morgan fingerprint density at radius 1 is 0.810 bits per heavy atom. The van der Waals surface area contributed by atoms with Crippen LogP contribution in [-0.2, 0) is 20.5 Å². The highest BCUT2D eigenvalue weighted by atomic mass is 28.4. The number of unbranched alkanes of at least 4 members (excludes halogenated alkanes) is 7. The van der Waals surface area contributed by atoms with E-state index in [2.05, 4.69) is 115 Å². The number of ether oxygens (including phenoxy) is 2. The Morgan fingerprint density at radius 2 is 1.38 bits per heavy atom. The van der Waals surface area contributed by atoms with Crippen LogP contribution in [0.1, 0.15) is 97.5 Å². The van der Waals surface area contributed by atoms with Crippen LogP contribution in [0, 0.1) is 0 Å². The van der Waals surface area contributed by atoms with Crippen molar-refractivity contribution in [1.29, 1.82) is 0 Å². The van der Waals surface area contributed by atoms with Crippen LogP contribution in [0.3, 0.4) is 0 Å². The summed E-state index contributed by atoms with van der Waals surface area (Å²) in [5.74, 6) is 0. The number of hydrogen-bond acceptors (Lipinski definition) is 3. The van der Waals surface area contributed by atoms with E-state index < -0.39 is 16.4 Å². The van der Waals surface area contributed by atoms with Crippen molar-refractivity contribution in [1.82, 2.24) is 0 Å². The largest absolute Gasteiger partial charge is 0.411 e. The van der Waals surface area contributed by atoms with Gasteiger partial charge in [0.15, 0.2) is 8.32 Å². The molecule has 1 aliphatic rings. The smallest absolute Gasteiger partial charge is 0.192 e. The Morgan fingerprint density at radius 3 is 1.98 bits per heavy atom. The van der Waals surface area contributed by atoms with E-state index in [4.69, 9.17) is 13.9 Å². The van der Waals surface area contributed by atoms with E-state index in [0.717, 1.165) is 12.8 Å². The highest BCUT2D eigenvalue weighted by Crippen LogP contribution is 2.45. The zero-order valence-electron chi connectivity index (χ0n) is 28.3. The summed E-state index contributed by atoms with van der Waals surface area (Å²) in [6.45, 7) is 20.6. The van der Waals surface area contributed by atoms with Gasteiger partial charge in [0.05, 0.1) is 39.6 Å². The molecule has 3 rings (SSSR count). The van der Waals surface area contributed by atoms with Gasteiger partial charge in [0.2, 0.25) is 0 Å². The van der Waals surface area contributed by atoms with Crippen LogP contribution in [0.5, 0.6) is 0 Å². The van der Waals surface area contributed by atoms with Gasteiger partial charge in [-0.05, 0) is 42.1 Å².